The summed E-state index contributed by atoms with van der Waals surface area (Å²) in [5.41, 5.74) is -0.546. The molecule has 1 N–H and O–H groups in total. The van der Waals surface area contributed by atoms with E-state index in [1.54, 1.807) is 0 Å². The van der Waals surface area contributed by atoms with Crippen LogP contribution in [0.2, 0.25) is 5.02 Å². The number of ether oxygens (including phenoxy) is 1. The van der Waals surface area contributed by atoms with Crippen LogP contribution >= 0.6 is 11.6 Å². The molecule has 0 aliphatic heterocycles. The van der Waals surface area contributed by atoms with E-state index >= 15 is 0 Å². The van der Waals surface area contributed by atoms with Gasteiger partial charge in [-0.1, -0.05) is 11.6 Å². The molecule has 12 heteroatoms. The third-order valence-corrected chi connectivity index (χ3v) is 5.90. The van der Waals surface area contributed by atoms with E-state index in [4.69, 9.17) is 16.3 Å². The number of aromatic nitrogens is 3. The molecule has 3 heterocycles. The molecule has 0 spiro atoms. The molecular formula is C16H12ClF3N4O3S. The van der Waals surface area contributed by atoms with E-state index in [1.165, 1.54) is 30.0 Å². The molecular weight excluding hydrogens is 421 g/mol. The summed E-state index contributed by atoms with van der Waals surface area (Å²) in [5, 5.41) is 4.27. The molecule has 1 saturated carbocycles. The van der Waals surface area contributed by atoms with Crippen LogP contribution in [-0.4, -0.2) is 36.0 Å². The standard InChI is InChI=1S/C16H12ClF3N4O3S/c1-27-15-11(4-10(18)14(22-15)9-5-16(9,19)20)23-28(25,26)13-6-21-24-7-8(17)2-3-12(13)24/h2-4,6-7,9,23H,5H2,1H3. The van der Waals surface area contributed by atoms with Crippen LogP contribution in [-0.2, 0) is 10.0 Å². The molecule has 1 unspecified atom stereocenters. The molecule has 7 nitrogen and oxygen atoms in total. The number of anilines is 1. The van der Waals surface area contributed by atoms with Crippen LogP contribution < -0.4 is 9.46 Å². The van der Waals surface area contributed by atoms with Crippen LogP contribution in [0.1, 0.15) is 18.0 Å². The number of alkyl halides is 2. The van der Waals surface area contributed by atoms with Crippen LogP contribution in [0.15, 0.2) is 35.5 Å². The molecule has 1 fully saturated rings. The molecule has 1 aliphatic carbocycles. The summed E-state index contributed by atoms with van der Waals surface area (Å²) in [7, 11) is -3.04. The maximum atomic E-state index is 14.3. The maximum absolute atomic E-state index is 14.3. The number of nitrogens with one attached hydrogen (secondary N) is 1. The van der Waals surface area contributed by atoms with Gasteiger partial charge >= 0.3 is 0 Å². The predicted molar refractivity (Wildman–Crippen MR) is 94.1 cm³/mol. The van der Waals surface area contributed by atoms with Gasteiger partial charge in [0.25, 0.3) is 15.9 Å². The number of rotatable bonds is 5. The number of sulfonamides is 1. The average molecular weight is 433 g/mol. The first-order chi connectivity index (χ1) is 13.1. The zero-order valence-electron chi connectivity index (χ0n) is 14.2. The predicted octanol–water partition coefficient (Wildman–Crippen LogP) is 3.45. The number of fused-ring (bicyclic) bond motifs is 1. The van der Waals surface area contributed by atoms with Crippen LogP contribution in [0.5, 0.6) is 5.88 Å². The van der Waals surface area contributed by atoms with E-state index in [0.29, 0.717) is 5.02 Å². The average Bonchev–Trinajstić information content (AvgIpc) is 3.04. The molecule has 0 radical (unpaired) electrons. The van der Waals surface area contributed by atoms with Crippen molar-refractivity contribution < 1.29 is 26.3 Å². The lowest BCUT2D eigenvalue weighted by Crippen LogP contribution is -2.15. The van der Waals surface area contributed by atoms with Crippen LogP contribution in [0.25, 0.3) is 5.52 Å². The highest BCUT2D eigenvalue weighted by atomic mass is 35.5. The van der Waals surface area contributed by atoms with Gasteiger partial charge in [-0.3, -0.25) is 4.72 Å². The molecule has 28 heavy (non-hydrogen) atoms. The molecule has 0 aromatic carbocycles. The van der Waals surface area contributed by atoms with Gasteiger partial charge in [0.15, 0.2) is 0 Å². The number of halogens is 4. The third-order valence-electron chi connectivity index (χ3n) is 4.30. The highest BCUT2D eigenvalue weighted by Crippen LogP contribution is 2.56. The lowest BCUT2D eigenvalue weighted by Gasteiger charge is -2.12. The number of hydrogen-bond donors (Lipinski definition) is 1. The second-order valence-corrected chi connectivity index (χ2v) is 8.31. The van der Waals surface area contributed by atoms with E-state index in [9.17, 15) is 21.6 Å². The topological polar surface area (TPSA) is 85.6 Å². The Morgan fingerprint density at radius 2 is 2.11 bits per heavy atom. The number of pyridine rings is 2. The van der Waals surface area contributed by atoms with E-state index in [-0.39, 0.29) is 22.0 Å². The van der Waals surface area contributed by atoms with Crippen LogP contribution in [0.4, 0.5) is 18.9 Å². The van der Waals surface area contributed by atoms with Gasteiger partial charge in [-0.05, 0) is 12.1 Å². The fourth-order valence-corrected chi connectivity index (χ4v) is 4.13. The summed E-state index contributed by atoms with van der Waals surface area (Å²) in [6.45, 7) is 0. The van der Waals surface area contributed by atoms with Gasteiger partial charge in [0, 0.05) is 18.7 Å². The van der Waals surface area contributed by atoms with E-state index in [0.717, 1.165) is 12.3 Å². The first-order valence-corrected chi connectivity index (χ1v) is 9.76. The first kappa shape index (κ1) is 18.8. The summed E-state index contributed by atoms with van der Waals surface area (Å²) < 4.78 is 74.7. The summed E-state index contributed by atoms with van der Waals surface area (Å²) in [6, 6.07) is 3.72. The Morgan fingerprint density at radius 1 is 1.39 bits per heavy atom. The van der Waals surface area contributed by atoms with Gasteiger partial charge in [-0.2, -0.15) is 5.10 Å². The number of nitrogens with zero attached hydrogens (tertiary/aromatic N) is 3. The van der Waals surface area contributed by atoms with Gasteiger partial charge in [0.05, 0.1) is 35.5 Å². The summed E-state index contributed by atoms with van der Waals surface area (Å²) in [6.07, 6.45) is 2.00. The lowest BCUT2D eigenvalue weighted by atomic mass is 10.2. The second kappa shape index (κ2) is 6.24. The second-order valence-electron chi connectivity index (χ2n) is 6.22. The van der Waals surface area contributed by atoms with Gasteiger partial charge in [0.1, 0.15) is 16.4 Å². The van der Waals surface area contributed by atoms with E-state index in [2.05, 4.69) is 14.8 Å². The van der Waals surface area contributed by atoms with Crippen molar-refractivity contribution in [1.29, 1.82) is 0 Å². The Kier molecular flexibility index (Phi) is 4.19. The Morgan fingerprint density at radius 3 is 2.75 bits per heavy atom. The Labute approximate surface area is 162 Å². The van der Waals surface area contributed by atoms with Crippen LogP contribution in [0, 0.1) is 5.82 Å². The summed E-state index contributed by atoms with van der Waals surface area (Å²) in [4.78, 5) is 3.55. The van der Waals surface area contributed by atoms with E-state index in [1.807, 2.05) is 0 Å². The molecule has 0 saturated heterocycles. The molecule has 1 atom stereocenters. The minimum Gasteiger partial charge on any atom is -0.479 e. The van der Waals surface area contributed by atoms with E-state index < -0.39 is 39.8 Å². The Hall–Kier alpha value is -2.53. The van der Waals surface area contributed by atoms with Gasteiger partial charge < -0.3 is 4.74 Å². The largest absolute Gasteiger partial charge is 0.479 e. The molecule has 1 aliphatic rings. The fourth-order valence-electron chi connectivity index (χ4n) is 2.81. The number of hydrogen-bond acceptors (Lipinski definition) is 5. The molecule has 0 bridgehead atoms. The van der Waals surface area contributed by atoms with Gasteiger partial charge in [0.2, 0.25) is 5.88 Å². The van der Waals surface area contributed by atoms with Crippen molar-refractivity contribution in [3.8, 4) is 5.88 Å². The summed E-state index contributed by atoms with van der Waals surface area (Å²) in [5.74, 6) is -5.75. The highest BCUT2D eigenvalue weighted by Gasteiger charge is 2.59. The van der Waals surface area contributed by atoms with Crippen molar-refractivity contribution in [1.82, 2.24) is 14.6 Å². The Bertz CT molecular complexity index is 1200. The zero-order valence-corrected chi connectivity index (χ0v) is 15.7. The smallest absolute Gasteiger partial charge is 0.265 e. The minimum atomic E-state index is -4.21. The maximum Gasteiger partial charge on any atom is 0.265 e. The first-order valence-electron chi connectivity index (χ1n) is 7.90. The van der Waals surface area contributed by atoms with Crippen molar-refractivity contribution in [2.24, 2.45) is 0 Å². The monoisotopic (exact) mass is 432 g/mol. The van der Waals surface area contributed by atoms with Crippen LogP contribution in [0.3, 0.4) is 0 Å². The molecule has 4 rings (SSSR count). The molecule has 3 aromatic rings. The molecule has 3 aromatic heterocycles. The van der Waals surface area contributed by atoms with Crippen molar-refractivity contribution >= 4 is 32.8 Å². The van der Waals surface area contributed by atoms with Gasteiger partial charge in [-0.25, -0.2) is 31.1 Å². The zero-order chi connectivity index (χ0) is 20.3. The minimum absolute atomic E-state index is 0.190. The highest BCUT2D eigenvalue weighted by molar-refractivity contribution is 7.93. The molecule has 148 valence electrons. The van der Waals surface area contributed by atoms with Crippen molar-refractivity contribution in [3.05, 3.63) is 47.1 Å². The number of methoxy groups -OCH3 is 1. The molecule has 0 amide bonds. The van der Waals surface area contributed by atoms with Crippen molar-refractivity contribution in [2.75, 3.05) is 11.8 Å². The van der Waals surface area contributed by atoms with Gasteiger partial charge in [-0.15, -0.1) is 0 Å². The third kappa shape index (κ3) is 3.14. The Balaban J connectivity index is 1.72. The summed E-state index contributed by atoms with van der Waals surface area (Å²) >= 11 is 5.85. The normalized spacial score (nSPS) is 18.2. The van der Waals surface area contributed by atoms with Crippen molar-refractivity contribution in [2.45, 2.75) is 23.2 Å². The fraction of sp³-hybridized carbons (Fsp3) is 0.250. The quantitative estimate of drug-likeness (QED) is 0.667. The SMILES string of the molecule is COc1nc(C2CC2(F)F)c(F)cc1NS(=O)(=O)c1cnn2cc(Cl)ccc12. The lowest BCUT2D eigenvalue weighted by molar-refractivity contribution is 0.111. The van der Waals surface area contributed by atoms with Crippen molar-refractivity contribution in [3.63, 3.8) is 0 Å².